The maximum atomic E-state index is 12.4. The van der Waals surface area contributed by atoms with Crippen LogP contribution in [0.2, 0.25) is 0 Å². The van der Waals surface area contributed by atoms with Crippen LogP contribution in [-0.4, -0.2) is 64.0 Å². The molecule has 0 amide bonds. The van der Waals surface area contributed by atoms with Crippen molar-refractivity contribution >= 4 is 5.69 Å². The van der Waals surface area contributed by atoms with Crippen LogP contribution in [0.15, 0.2) is 35.4 Å². The molecule has 3 aliphatic heterocycles. The van der Waals surface area contributed by atoms with Crippen LogP contribution in [0.25, 0.3) is 0 Å². The van der Waals surface area contributed by atoms with Crippen molar-refractivity contribution < 1.29 is 24.8 Å². The fourth-order valence-electron chi connectivity index (χ4n) is 7.05. The molecule has 30 heavy (non-hydrogen) atoms. The lowest BCUT2D eigenvalue weighted by Crippen LogP contribution is -2.77. The molecule has 1 aromatic rings. The van der Waals surface area contributed by atoms with Gasteiger partial charge in [0, 0.05) is 24.8 Å². The molecule has 164 valence electrons. The van der Waals surface area contributed by atoms with Gasteiger partial charge in [0.1, 0.15) is 22.9 Å². The summed E-state index contributed by atoms with van der Waals surface area (Å²) in [6, 6.07) is 8.14. The van der Waals surface area contributed by atoms with Gasteiger partial charge in [-0.05, 0) is 52.2 Å². The molecule has 3 heterocycles. The number of hydrogen-bond donors (Lipinski definition) is 3. The zero-order chi connectivity index (χ0) is 21.7. The summed E-state index contributed by atoms with van der Waals surface area (Å²) in [7, 11) is 1.50. The van der Waals surface area contributed by atoms with Gasteiger partial charge in [-0.1, -0.05) is 23.8 Å². The van der Waals surface area contributed by atoms with Gasteiger partial charge in [0.25, 0.3) is 0 Å². The van der Waals surface area contributed by atoms with Gasteiger partial charge in [-0.2, -0.15) is 0 Å². The van der Waals surface area contributed by atoms with Crippen molar-refractivity contribution in [3.63, 3.8) is 0 Å². The molecule has 3 fully saturated rings. The summed E-state index contributed by atoms with van der Waals surface area (Å²) in [5.41, 5.74) is -0.278. The smallest absolute Gasteiger partial charge is 0.149 e. The first-order valence-electron chi connectivity index (χ1n) is 10.9. The zero-order valence-corrected chi connectivity index (χ0v) is 18.5. The number of para-hydroxylation sites is 1. The fraction of sp³-hybridized carbons (Fsp3) is 0.667. The van der Waals surface area contributed by atoms with E-state index in [1.807, 2.05) is 25.1 Å². The Morgan fingerprint density at radius 3 is 2.57 bits per heavy atom. The van der Waals surface area contributed by atoms with Crippen LogP contribution in [-0.2, 0) is 15.1 Å². The largest absolute Gasteiger partial charge is 0.390 e. The number of anilines is 1. The third-order valence-electron chi connectivity index (χ3n) is 8.61. The van der Waals surface area contributed by atoms with E-state index in [0.717, 1.165) is 11.3 Å². The van der Waals surface area contributed by atoms with Crippen LogP contribution in [0, 0.1) is 0 Å². The maximum Gasteiger partial charge on any atom is 0.149 e. The summed E-state index contributed by atoms with van der Waals surface area (Å²) < 4.78 is 12.5. The second kappa shape index (κ2) is 6.08. The number of ether oxygens (including phenoxy) is 2. The molecule has 0 spiro atoms. The first-order chi connectivity index (χ1) is 14.0. The Morgan fingerprint density at radius 2 is 1.90 bits per heavy atom. The molecule has 6 heteroatoms. The molecule has 6 nitrogen and oxygen atoms in total. The third-order valence-corrected chi connectivity index (χ3v) is 8.61. The van der Waals surface area contributed by atoms with Crippen LogP contribution in [0.5, 0.6) is 0 Å². The van der Waals surface area contributed by atoms with Gasteiger partial charge in [0.15, 0.2) is 0 Å². The molecule has 1 saturated carbocycles. The lowest BCUT2D eigenvalue weighted by molar-refractivity contribution is -0.269. The number of fused-ring (bicyclic) bond motifs is 9. The van der Waals surface area contributed by atoms with E-state index in [4.69, 9.17) is 9.47 Å². The van der Waals surface area contributed by atoms with E-state index in [1.54, 1.807) is 0 Å². The molecule has 4 aliphatic rings. The van der Waals surface area contributed by atoms with Crippen LogP contribution in [0.3, 0.4) is 0 Å². The Kier molecular flexibility index (Phi) is 4.15. The highest BCUT2D eigenvalue weighted by molar-refractivity contribution is 5.66. The van der Waals surface area contributed by atoms with Crippen LogP contribution in [0.1, 0.15) is 52.5 Å². The Balaban J connectivity index is 1.82. The quantitative estimate of drug-likeness (QED) is 0.611. The van der Waals surface area contributed by atoms with Crippen molar-refractivity contribution in [2.75, 3.05) is 18.6 Å². The predicted octanol–water partition coefficient (Wildman–Crippen LogP) is 2.25. The number of rotatable bonds is 1. The topological polar surface area (TPSA) is 82.4 Å². The molecule has 0 aromatic heterocycles. The van der Waals surface area contributed by atoms with Crippen LogP contribution >= 0.6 is 0 Å². The average molecular weight is 416 g/mol. The number of aliphatic hydroxyl groups excluding tert-OH is 1. The fourth-order valence-corrected chi connectivity index (χ4v) is 7.05. The molecule has 5 rings (SSSR count). The number of nitrogens with zero attached hydrogens (tertiary/aromatic N) is 1. The molecular formula is C24H33NO5. The van der Waals surface area contributed by atoms with Crippen molar-refractivity contribution in [3.8, 4) is 0 Å². The van der Waals surface area contributed by atoms with Gasteiger partial charge < -0.3 is 29.7 Å². The Labute approximate surface area is 178 Å². The highest BCUT2D eigenvalue weighted by Gasteiger charge is 2.78. The Morgan fingerprint density at radius 1 is 1.20 bits per heavy atom. The normalized spacial score (nSPS) is 46.9. The minimum atomic E-state index is -1.70. The first kappa shape index (κ1) is 20.5. The molecule has 2 bridgehead atoms. The summed E-state index contributed by atoms with van der Waals surface area (Å²) >= 11 is 0. The monoisotopic (exact) mass is 415 g/mol. The summed E-state index contributed by atoms with van der Waals surface area (Å²) in [4.78, 5) is 2.13. The van der Waals surface area contributed by atoms with Gasteiger partial charge >= 0.3 is 0 Å². The molecule has 7 atom stereocenters. The van der Waals surface area contributed by atoms with E-state index in [-0.39, 0.29) is 12.6 Å². The van der Waals surface area contributed by atoms with E-state index in [2.05, 4.69) is 31.7 Å². The standard InChI is InChI=1S/C24H33NO5/c1-14(2)16-12-19-22(4)24(28)20(29-5)18(26)10-11-23(24,27)13-25(22)17-9-7-6-8-15(17)21(16,3)30-19/h6-9,18-20,26-28H,10-13H2,1-5H3/t18-,19-,20-,21-,22-,23+,24+/m1/s1. The number of aliphatic hydroxyl groups is 3. The van der Waals surface area contributed by atoms with Crippen molar-refractivity contribution in [1.82, 2.24) is 0 Å². The number of β-amino-alcohol motifs (C(OH)–C–C–N with tert-alkyl or cyclic N) is 1. The summed E-state index contributed by atoms with van der Waals surface area (Å²) in [5, 5.41) is 34.9. The maximum absolute atomic E-state index is 12.4. The van der Waals surface area contributed by atoms with Crippen molar-refractivity contribution in [2.24, 2.45) is 0 Å². The van der Waals surface area contributed by atoms with Crippen molar-refractivity contribution in [1.29, 1.82) is 0 Å². The molecule has 0 unspecified atom stereocenters. The average Bonchev–Trinajstić information content (AvgIpc) is 3.13. The lowest BCUT2D eigenvalue weighted by Gasteiger charge is -2.56. The van der Waals surface area contributed by atoms with Gasteiger partial charge in [-0.25, -0.2) is 0 Å². The molecule has 1 aromatic carbocycles. The number of methoxy groups -OCH3 is 1. The molecule has 2 saturated heterocycles. The molecular weight excluding hydrogens is 382 g/mol. The van der Waals surface area contributed by atoms with Crippen molar-refractivity contribution in [3.05, 3.63) is 41.0 Å². The van der Waals surface area contributed by atoms with E-state index in [1.165, 1.54) is 18.3 Å². The van der Waals surface area contributed by atoms with Gasteiger partial charge in [-0.15, -0.1) is 0 Å². The van der Waals surface area contributed by atoms with Crippen LogP contribution in [0.4, 0.5) is 5.69 Å². The summed E-state index contributed by atoms with van der Waals surface area (Å²) in [6.07, 6.45) is -0.801. The van der Waals surface area contributed by atoms with Crippen molar-refractivity contribution in [2.45, 2.75) is 87.6 Å². The summed E-state index contributed by atoms with van der Waals surface area (Å²) in [6.45, 7) is 8.55. The summed E-state index contributed by atoms with van der Waals surface area (Å²) in [5.74, 6) is 0. The Bertz CT molecular complexity index is 928. The van der Waals surface area contributed by atoms with E-state index in [9.17, 15) is 15.3 Å². The Hall–Kier alpha value is -1.44. The van der Waals surface area contributed by atoms with Gasteiger partial charge in [-0.3, -0.25) is 0 Å². The predicted molar refractivity (Wildman–Crippen MR) is 113 cm³/mol. The van der Waals surface area contributed by atoms with Crippen LogP contribution < -0.4 is 4.90 Å². The zero-order valence-electron chi connectivity index (χ0n) is 18.5. The molecule has 1 aliphatic carbocycles. The molecule has 3 N–H and O–H groups in total. The number of benzene rings is 1. The highest BCUT2D eigenvalue weighted by atomic mass is 16.5. The van der Waals surface area contributed by atoms with E-state index in [0.29, 0.717) is 19.3 Å². The first-order valence-corrected chi connectivity index (χ1v) is 10.9. The number of hydrogen-bond acceptors (Lipinski definition) is 6. The van der Waals surface area contributed by atoms with Gasteiger partial charge in [0.05, 0.1) is 24.3 Å². The third kappa shape index (κ3) is 2.07. The lowest BCUT2D eigenvalue weighted by atomic mass is 9.61. The second-order valence-corrected chi connectivity index (χ2v) is 10.1. The van der Waals surface area contributed by atoms with E-state index < -0.39 is 34.6 Å². The van der Waals surface area contributed by atoms with Gasteiger partial charge in [0.2, 0.25) is 0 Å². The number of allylic oxidation sites excluding steroid dienone is 1. The van der Waals surface area contributed by atoms with E-state index >= 15 is 0 Å². The second-order valence-electron chi connectivity index (χ2n) is 10.1. The minimum Gasteiger partial charge on any atom is -0.390 e. The highest BCUT2D eigenvalue weighted by Crippen LogP contribution is 2.63. The molecule has 0 radical (unpaired) electrons. The minimum absolute atomic E-state index is 0.268. The SMILES string of the molecule is CO[C@@H]1[C@H](O)CC[C@]2(O)CN3c4ccccc4[C@@]4(C)O[C@H](CC4=C(C)C)[C@]3(C)[C@@]12O.